The van der Waals surface area contributed by atoms with Crippen molar-refractivity contribution in [2.45, 2.75) is 39.0 Å². The third-order valence-corrected chi connectivity index (χ3v) is 5.86. The smallest absolute Gasteiger partial charge is 0.328 e. The molecule has 0 aliphatic heterocycles. The molecule has 3 aromatic rings. The Hall–Kier alpha value is -3.14. The van der Waals surface area contributed by atoms with Gasteiger partial charge in [-0.25, -0.2) is 14.2 Å². The first-order valence-electron chi connectivity index (χ1n) is 9.83. The molecule has 0 spiro atoms. The van der Waals surface area contributed by atoms with Crippen molar-refractivity contribution >= 4 is 38.7 Å². The number of nitrogens with one attached hydrogen (secondary N) is 1. The number of aromatic hydroxyl groups is 1. The Labute approximate surface area is 192 Å². The van der Waals surface area contributed by atoms with E-state index in [1.807, 2.05) is 11.5 Å². The molecule has 2 aromatic heterocycles. The maximum absolute atomic E-state index is 14.1. The topological polar surface area (TPSA) is 103 Å². The molecule has 10 heteroatoms. The average Bonchev–Trinajstić information content (AvgIpc) is 3.22. The number of aromatic nitrogens is 2. The lowest BCUT2D eigenvalue weighted by Crippen LogP contribution is -2.41. The lowest BCUT2D eigenvalue weighted by Gasteiger charge is -2.25. The molecule has 170 valence electrons. The van der Waals surface area contributed by atoms with Crippen molar-refractivity contribution in [3.05, 3.63) is 52.6 Å². The van der Waals surface area contributed by atoms with E-state index in [-0.39, 0.29) is 23.3 Å². The number of esters is 1. The molecule has 2 unspecified atom stereocenters. The van der Waals surface area contributed by atoms with Crippen LogP contribution in [-0.2, 0) is 9.53 Å². The molecule has 0 radical (unpaired) electrons. The zero-order valence-electron chi connectivity index (χ0n) is 17.9. The molecule has 2 N–H and O–H groups in total. The molecule has 3 rings (SSSR count). The molecule has 3 atom stereocenters. The number of benzene rings is 1. The summed E-state index contributed by atoms with van der Waals surface area (Å²) in [4.78, 5) is 28.8. The number of nitrogens with zero attached hydrogens (tertiary/aromatic N) is 2. The second-order valence-corrected chi connectivity index (χ2v) is 8.16. The van der Waals surface area contributed by atoms with E-state index in [1.54, 1.807) is 25.3 Å². The van der Waals surface area contributed by atoms with Crippen LogP contribution in [0.5, 0.6) is 11.5 Å². The third-order valence-electron chi connectivity index (χ3n) is 5.22. The first kappa shape index (κ1) is 23.5. The summed E-state index contributed by atoms with van der Waals surface area (Å²) >= 11 is 3.44. The van der Waals surface area contributed by atoms with Crippen LogP contribution in [-0.4, -0.2) is 45.8 Å². The van der Waals surface area contributed by atoms with Crippen LogP contribution in [0.15, 0.2) is 41.1 Å². The molecule has 0 saturated carbocycles. The minimum absolute atomic E-state index is 0.0874. The number of fused-ring (bicyclic) bond motifs is 1. The fourth-order valence-corrected chi connectivity index (χ4v) is 3.80. The Kier molecular flexibility index (Phi) is 7.02. The van der Waals surface area contributed by atoms with Gasteiger partial charge in [0.1, 0.15) is 18.0 Å². The summed E-state index contributed by atoms with van der Waals surface area (Å²) in [6, 6.07) is 4.75. The van der Waals surface area contributed by atoms with Crippen molar-refractivity contribution in [2.75, 3.05) is 7.11 Å². The van der Waals surface area contributed by atoms with E-state index in [4.69, 9.17) is 9.47 Å². The van der Waals surface area contributed by atoms with Crippen LogP contribution in [0.2, 0.25) is 0 Å². The van der Waals surface area contributed by atoms with E-state index < -0.39 is 29.8 Å². The molecular formula is C22H23BrFN3O5. The van der Waals surface area contributed by atoms with Gasteiger partial charge in [-0.05, 0) is 54.9 Å². The Morgan fingerprint density at radius 3 is 2.62 bits per heavy atom. The molecular weight excluding hydrogens is 485 g/mol. The monoisotopic (exact) mass is 507 g/mol. The summed E-state index contributed by atoms with van der Waals surface area (Å²) in [5.41, 5.74) is 0.387. The third kappa shape index (κ3) is 4.55. The van der Waals surface area contributed by atoms with Crippen LogP contribution in [0.1, 0.15) is 37.3 Å². The first-order chi connectivity index (χ1) is 15.1. The molecule has 0 bridgehead atoms. The zero-order valence-corrected chi connectivity index (χ0v) is 19.5. The highest BCUT2D eigenvalue weighted by Gasteiger charge is 2.26. The number of rotatable bonds is 7. The summed E-state index contributed by atoms with van der Waals surface area (Å²) in [7, 11) is 1.35. The van der Waals surface area contributed by atoms with Gasteiger partial charge < -0.3 is 24.5 Å². The zero-order chi connectivity index (χ0) is 23.6. The van der Waals surface area contributed by atoms with Gasteiger partial charge in [-0.3, -0.25) is 4.79 Å². The first-order valence-corrected chi connectivity index (χ1v) is 10.6. The van der Waals surface area contributed by atoms with Gasteiger partial charge in [0.25, 0.3) is 5.91 Å². The van der Waals surface area contributed by atoms with E-state index in [1.165, 1.54) is 32.4 Å². The molecule has 32 heavy (non-hydrogen) atoms. The van der Waals surface area contributed by atoms with Gasteiger partial charge in [0.2, 0.25) is 0 Å². The lowest BCUT2D eigenvalue weighted by molar-refractivity contribution is -0.151. The van der Waals surface area contributed by atoms with E-state index in [0.29, 0.717) is 10.9 Å². The summed E-state index contributed by atoms with van der Waals surface area (Å²) in [5.74, 6) is -2.09. The summed E-state index contributed by atoms with van der Waals surface area (Å²) < 4.78 is 27.1. The largest absolute Gasteiger partial charge is 0.503 e. The maximum Gasteiger partial charge on any atom is 0.328 e. The van der Waals surface area contributed by atoms with Gasteiger partial charge in [-0.15, -0.1) is 0 Å². The Morgan fingerprint density at radius 1 is 1.22 bits per heavy atom. The minimum Gasteiger partial charge on any atom is -0.503 e. The van der Waals surface area contributed by atoms with Gasteiger partial charge >= 0.3 is 5.97 Å². The highest BCUT2D eigenvalue weighted by Crippen LogP contribution is 2.31. The number of halogens is 2. The van der Waals surface area contributed by atoms with E-state index >= 15 is 0 Å². The second-order valence-electron chi connectivity index (χ2n) is 7.30. The predicted octanol–water partition coefficient (Wildman–Crippen LogP) is 3.96. The van der Waals surface area contributed by atoms with E-state index in [9.17, 15) is 19.1 Å². The Balaban J connectivity index is 1.69. The van der Waals surface area contributed by atoms with Crippen LogP contribution >= 0.6 is 15.9 Å². The number of carbonyl (C=O) groups excluding carboxylic acids is 2. The molecule has 0 fully saturated rings. The number of amides is 1. The van der Waals surface area contributed by atoms with Gasteiger partial charge in [0.15, 0.2) is 17.2 Å². The Morgan fingerprint density at radius 2 is 1.94 bits per heavy atom. The van der Waals surface area contributed by atoms with Crippen LogP contribution < -0.4 is 10.1 Å². The molecule has 0 aliphatic rings. The van der Waals surface area contributed by atoms with Crippen molar-refractivity contribution in [3.8, 4) is 11.5 Å². The van der Waals surface area contributed by atoms with Gasteiger partial charge in [0, 0.05) is 28.3 Å². The van der Waals surface area contributed by atoms with Crippen LogP contribution in [0.25, 0.3) is 10.9 Å². The van der Waals surface area contributed by atoms with Crippen LogP contribution in [0.4, 0.5) is 4.39 Å². The standard InChI is InChI=1S/C22H23BrFN3O5/c1-11(26-21(29)18-20(28)17(31-4)7-9-25-18)22(30)32-13(3)12(2)27-10-8-14-16(24)6-5-15(23)19(14)27/h5-13,28H,1-4H3,(H,26,29)/t11-,12?,13?/m0/s1. The number of ether oxygens (including phenoxy) is 2. The van der Waals surface area contributed by atoms with Crippen molar-refractivity contribution in [3.63, 3.8) is 0 Å². The summed E-state index contributed by atoms with van der Waals surface area (Å²) in [6.45, 7) is 5.02. The minimum atomic E-state index is -1.00. The van der Waals surface area contributed by atoms with E-state index in [2.05, 4.69) is 26.2 Å². The average molecular weight is 508 g/mol. The second kappa shape index (κ2) is 9.56. The Bertz CT molecular complexity index is 1170. The van der Waals surface area contributed by atoms with Crippen molar-refractivity contribution in [2.24, 2.45) is 0 Å². The van der Waals surface area contributed by atoms with E-state index in [0.717, 1.165) is 4.47 Å². The quantitative estimate of drug-likeness (QED) is 0.469. The molecule has 0 saturated heterocycles. The van der Waals surface area contributed by atoms with Crippen molar-refractivity contribution in [1.82, 2.24) is 14.9 Å². The molecule has 8 nitrogen and oxygen atoms in total. The normalized spacial score (nSPS) is 13.9. The van der Waals surface area contributed by atoms with Crippen molar-refractivity contribution < 1.29 is 28.6 Å². The fraction of sp³-hybridized carbons (Fsp3) is 0.318. The number of hydrogen-bond donors (Lipinski definition) is 2. The van der Waals surface area contributed by atoms with Gasteiger partial charge in [-0.2, -0.15) is 0 Å². The summed E-state index contributed by atoms with van der Waals surface area (Å²) in [5, 5.41) is 13.0. The molecule has 0 aliphatic carbocycles. The van der Waals surface area contributed by atoms with Crippen LogP contribution in [0.3, 0.4) is 0 Å². The fourth-order valence-electron chi connectivity index (χ4n) is 3.25. The summed E-state index contributed by atoms with van der Waals surface area (Å²) in [6.07, 6.45) is 2.45. The number of hydrogen-bond acceptors (Lipinski definition) is 6. The molecule has 1 aromatic carbocycles. The van der Waals surface area contributed by atoms with Crippen molar-refractivity contribution in [1.29, 1.82) is 0 Å². The maximum atomic E-state index is 14.1. The highest BCUT2D eigenvalue weighted by molar-refractivity contribution is 9.10. The highest BCUT2D eigenvalue weighted by atomic mass is 79.9. The predicted molar refractivity (Wildman–Crippen MR) is 119 cm³/mol. The molecule has 1 amide bonds. The lowest BCUT2D eigenvalue weighted by atomic mass is 10.2. The van der Waals surface area contributed by atoms with Crippen LogP contribution in [0, 0.1) is 5.82 Å². The number of carbonyl (C=O) groups is 2. The number of pyridine rings is 1. The van der Waals surface area contributed by atoms with Gasteiger partial charge in [-0.1, -0.05) is 0 Å². The number of methoxy groups -OCH3 is 1. The molecule has 2 heterocycles. The SMILES string of the molecule is COc1ccnc(C(=O)N[C@@H](C)C(=O)OC(C)C(C)n2ccc3c(F)ccc(Br)c32)c1O. The van der Waals surface area contributed by atoms with Gasteiger partial charge in [0.05, 0.1) is 18.7 Å².